The van der Waals surface area contributed by atoms with Crippen LogP contribution in [0.15, 0.2) is 53.3 Å². The minimum absolute atomic E-state index is 0.169. The highest BCUT2D eigenvalue weighted by molar-refractivity contribution is 5.68. The first-order valence-corrected chi connectivity index (χ1v) is 11.5. The Hall–Kier alpha value is -3.16. The number of benzene rings is 2. The average molecular weight is 450 g/mol. The number of aryl methyl sites for hydroxylation is 1. The van der Waals surface area contributed by atoms with Crippen molar-refractivity contribution < 1.29 is 14.9 Å². The van der Waals surface area contributed by atoms with Gasteiger partial charge in [-0.25, -0.2) is 4.79 Å². The van der Waals surface area contributed by atoms with Crippen LogP contribution in [-0.2, 0) is 0 Å². The van der Waals surface area contributed by atoms with Gasteiger partial charge in [0.15, 0.2) is 0 Å². The van der Waals surface area contributed by atoms with Crippen molar-refractivity contribution in [3.8, 4) is 34.0 Å². The predicted molar refractivity (Wildman–Crippen MR) is 128 cm³/mol. The summed E-state index contributed by atoms with van der Waals surface area (Å²) in [5.41, 5.74) is 3.01. The smallest absolute Gasteiger partial charge is 0.345 e. The van der Waals surface area contributed by atoms with E-state index in [9.17, 15) is 15.0 Å². The number of aliphatic hydroxyl groups is 1. The van der Waals surface area contributed by atoms with Crippen molar-refractivity contribution in [1.82, 2.24) is 15.3 Å². The first-order chi connectivity index (χ1) is 16.0. The summed E-state index contributed by atoms with van der Waals surface area (Å²) < 4.78 is 5.72. The Kier molecular flexibility index (Phi) is 7.42. The number of rotatable bonds is 8. The molecule has 0 saturated heterocycles. The van der Waals surface area contributed by atoms with Gasteiger partial charge >= 0.3 is 5.69 Å². The molecule has 0 bridgehead atoms. The fourth-order valence-electron chi connectivity index (χ4n) is 4.23. The summed E-state index contributed by atoms with van der Waals surface area (Å²) >= 11 is 0. The maximum absolute atomic E-state index is 12.2. The van der Waals surface area contributed by atoms with Gasteiger partial charge in [0.25, 0.3) is 0 Å². The van der Waals surface area contributed by atoms with Crippen LogP contribution >= 0.6 is 0 Å². The monoisotopic (exact) mass is 449 g/mol. The molecule has 4 rings (SSSR count). The number of nitrogens with zero attached hydrogens (tertiary/aromatic N) is 1. The summed E-state index contributed by atoms with van der Waals surface area (Å²) in [6.07, 6.45) is 5.64. The first-order valence-electron chi connectivity index (χ1n) is 11.5. The number of H-pyrrole nitrogens is 1. The summed E-state index contributed by atoms with van der Waals surface area (Å²) in [5.74, 6) is 1.49. The maximum Gasteiger partial charge on any atom is 0.345 e. The summed E-state index contributed by atoms with van der Waals surface area (Å²) in [7, 11) is 0. The highest BCUT2D eigenvalue weighted by Crippen LogP contribution is 2.27. The molecule has 4 N–H and O–H groups in total. The Morgan fingerprint density at radius 1 is 1.09 bits per heavy atom. The van der Waals surface area contributed by atoms with Gasteiger partial charge in [-0.15, -0.1) is 0 Å². The number of aliphatic hydroxyl groups excluding tert-OH is 1. The lowest BCUT2D eigenvalue weighted by Gasteiger charge is -2.23. The van der Waals surface area contributed by atoms with Gasteiger partial charge in [0.05, 0.1) is 11.4 Å². The largest absolute Gasteiger partial charge is 0.508 e. The third-order valence-corrected chi connectivity index (χ3v) is 6.18. The van der Waals surface area contributed by atoms with Crippen LogP contribution in [0, 0.1) is 12.8 Å². The zero-order valence-corrected chi connectivity index (χ0v) is 18.9. The Bertz CT molecular complexity index is 1120. The van der Waals surface area contributed by atoms with E-state index >= 15 is 0 Å². The number of phenolic OH excluding ortho intramolecular Hbond substituents is 1. The van der Waals surface area contributed by atoms with Gasteiger partial charge in [0.2, 0.25) is 0 Å². The summed E-state index contributed by atoms with van der Waals surface area (Å²) in [6.45, 7) is 2.79. The fourth-order valence-corrected chi connectivity index (χ4v) is 4.23. The Labute approximate surface area is 193 Å². The fraction of sp³-hybridized carbons (Fsp3) is 0.385. The lowest BCUT2D eigenvalue weighted by Crippen LogP contribution is -2.38. The van der Waals surface area contributed by atoms with Crippen molar-refractivity contribution in [2.75, 3.05) is 13.2 Å². The third-order valence-electron chi connectivity index (χ3n) is 6.18. The van der Waals surface area contributed by atoms with Crippen molar-refractivity contribution in [3.63, 3.8) is 0 Å². The SMILES string of the molecule is Cc1cc(-c2cc(-c3ccc(OCC(O)NCC4CCCCC4)cc3)[nH]c(=O)n2)ccc1O. The van der Waals surface area contributed by atoms with Crippen LogP contribution in [0.25, 0.3) is 22.5 Å². The zero-order chi connectivity index (χ0) is 23.2. The standard InChI is InChI=1S/C26H31N3O4/c1-17-13-20(9-12-24(17)30)23-14-22(28-26(32)29-23)19-7-10-21(11-8-19)33-16-25(31)27-15-18-5-3-2-4-6-18/h7-14,18,25,27,30-31H,2-6,15-16H2,1H3,(H,28,29,32). The number of hydrogen-bond donors (Lipinski definition) is 4. The van der Waals surface area contributed by atoms with Crippen molar-refractivity contribution in [3.05, 3.63) is 64.6 Å². The van der Waals surface area contributed by atoms with Crippen molar-refractivity contribution in [2.45, 2.75) is 45.3 Å². The van der Waals surface area contributed by atoms with Crippen LogP contribution in [0.2, 0.25) is 0 Å². The molecule has 1 atom stereocenters. The summed E-state index contributed by atoms with van der Waals surface area (Å²) in [5, 5.41) is 23.1. The molecule has 7 nitrogen and oxygen atoms in total. The Morgan fingerprint density at radius 3 is 2.55 bits per heavy atom. The highest BCUT2D eigenvalue weighted by atomic mass is 16.5. The van der Waals surface area contributed by atoms with Crippen LogP contribution in [-0.4, -0.2) is 39.6 Å². The van der Waals surface area contributed by atoms with Gasteiger partial charge in [0.1, 0.15) is 24.3 Å². The second kappa shape index (κ2) is 10.6. The van der Waals surface area contributed by atoms with Gasteiger partial charge in [-0.1, -0.05) is 19.3 Å². The lowest BCUT2D eigenvalue weighted by molar-refractivity contribution is 0.0731. The molecule has 33 heavy (non-hydrogen) atoms. The van der Waals surface area contributed by atoms with E-state index < -0.39 is 11.9 Å². The number of nitrogens with one attached hydrogen (secondary N) is 2. The molecule has 174 valence electrons. The van der Waals surface area contributed by atoms with E-state index in [-0.39, 0.29) is 12.4 Å². The Morgan fingerprint density at radius 2 is 1.82 bits per heavy atom. The van der Waals surface area contributed by atoms with Gasteiger partial charge in [-0.3, -0.25) is 5.32 Å². The van der Waals surface area contributed by atoms with E-state index in [1.807, 2.05) is 30.3 Å². The number of aromatic amines is 1. The van der Waals surface area contributed by atoms with Crippen LogP contribution in [0.3, 0.4) is 0 Å². The summed E-state index contributed by atoms with van der Waals surface area (Å²) in [4.78, 5) is 19.0. The lowest BCUT2D eigenvalue weighted by atomic mass is 9.89. The van der Waals surface area contributed by atoms with E-state index in [1.54, 1.807) is 25.1 Å². The number of aromatic hydroxyl groups is 1. The van der Waals surface area contributed by atoms with Crippen molar-refractivity contribution in [1.29, 1.82) is 0 Å². The molecule has 0 amide bonds. The second-order valence-corrected chi connectivity index (χ2v) is 8.75. The van der Waals surface area contributed by atoms with Crippen LogP contribution in [0.5, 0.6) is 11.5 Å². The predicted octanol–water partition coefficient (Wildman–Crippen LogP) is 3.99. The van der Waals surface area contributed by atoms with Crippen molar-refractivity contribution in [2.24, 2.45) is 5.92 Å². The maximum atomic E-state index is 12.2. The minimum atomic E-state index is -0.709. The van der Waals surface area contributed by atoms with E-state index in [4.69, 9.17) is 4.74 Å². The van der Waals surface area contributed by atoms with Crippen LogP contribution in [0.1, 0.15) is 37.7 Å². The highest BCUT2D eigenvalue weighted by Gasteiger charge is 2.15. The number of hydrogen-bond acceptors (Lipinski definition) is 6. The van der Waals surface area contributed by atoms with Crippen LogP contribution in [0.4, 0.5) is 0 Å². The molecule has 0 aliphatic heterocycles. The normalized spacial score (nSPS) is 15.3. The van der Waals surface area contributed by atoms with Crippen molar-refractivity contribution >= 4 is 0 Å². The minimum Gasteiger partial charge on any atom is -0.508 e. The average Bonchev–Trinajstić information content (AvgIpc) is 2.83. The van der Waals surface area contributed by atoms with E-state index in [0.717, 1.165) is 17.7 Å². The molecule has 1 unspecified atom stereocenters. The topological polar surface area (TPSA) is 107 Å². The number of ether oxygens (including phenoxy) is 1. The quantitative estimate of drug-likeness (QED) is 0.388. The molecule has 1 fully saturated rings. The molecule has 1 aliphatic rings. The van der Waals surface area contributed by atoms with Gasteiger partial charge in [-0.2, -0.15) is 4.98 Å². The van der Waals surface area contributed by atoms with Gasteiger partial charge < -0.3 is 19.9 Å². The molecule has 2 aromatic carbocycles. The molecule has 1 aromatic heterocycles. The van der Waals surface area contributed by atoms with E-state index in [0.29, 0.717) is 28.6 Å². The molecule has 1 aliphatic carbocycles. The molecule has 1 saturated carbocycles. The van der Waals surface area contributed by atoms with Gasteiger partial charge in [0, 0.05) is 12.1 Å². The van der Waals surface area contributed by atoms with Crippen LogP contribution < -0.4 is 15.7 Å². The summed E-state index contributed by atoms with van der Waals surface area (Å²) in [6, 6.07) is 14.3. The molecule has 7 heteroatoms. The number of phenols is 1. The number of aromatic nitrogens is 2. The molecule has 1 heterocycles. The second-order valence-electron chi connectivity index (χ2n) is 8.75. The zero-order valence-electron chi connectivity index (χ0n) is 18.9. The molecule has 0 spiro atoms. The first kappa shape index (κ1) is 23.0. The molecule has 0 radical (unpaired) electrons. The Balaban J connectivity index is 1.38. The molecule has 3 aromatic rings. The van der Waals surface area contributed by atoms with Gasteiger partial charge in [-0.05, 0) is 85.3 Å². The van der Waals surface area contributed by atoms with E-state index in [1.165, 1.54) is 32.1 Å². The molecular weight excluding hydrogens is 418 g/mol. The van der Waals surface area contributed by atoms with E-state index in [2.05, 4.69) is 15.3 Å². The molecular formula is C26H31N3O4. The third kappa shape index (κ3) is 6.21.